The van der Waals surface area contributed by atoms with E-state index in [0.717, 1.165) is 12.1 Å². The standard InChI is InChI=1S/C29H20ClF3N6O2/c1-17(27-38-23-9-5-8-22(30)24(23)28(40)39(27)19-6-3-2-4-7-19)37-26-21(25(34)35-16-36-26)15-12-18-10-13-20(14-11-18)41-29(31,32)33/h2-11,13-14,16-17H,1H3,(H3,34,35,36,37)/t17-/m0/s1. The van der Waals surface area contributed by atoms with E-state index < -0.39 is 12.4 Å². The molecule has 0 aliphatic carbocycles. The van der Waals surface area contributed by atoms with Gasteiger partial charge in [0.2, 0.25) is 0 Å². The summed E-state index contributed by atoms with van der Waals surface area (Å²) in [5.74, 6) is 6.11. The number of alkyl halides is 3. The summed E-state index contributed by atoms with van der Waals surface area (Å²) in [7, 11) is 0. The van der Waals surface area contributed by atoms with Gasteiger partial charge in [-0.05, 0) is 55.5 Å². The summed E-state index contributed by atoms with van der Waals surface area (Å²) < 4.78 is 42.7. The van der Waals surface area contributed by atoms with Gasteiger partial charge in [0, 0.05) is 5.56 Å². The lowest BCUT2D eigenvalue weighted by Gasteiger charge is -2.21. The first kappa shape index (κ1) is 27.5. The van der Waals surface area contributed by atoms with Gasteiger partial charge in [-0.15, -0.1) is 13.2 Å². The van der Waals surface area contributed by atoms with E-state index in [1.807, 2.05) is 6.07 Å². The molecular formula is C29H20ClF3N6O2. The van der Waals surface area contributed by atoms with Crippen LogP contribution in [0.1, 0.15) is 29.9 Å². The van der Waals surface area contributed by atoms with Crippen molar-refractivity contribution in [2.24, 2.45) is 0 Å². The molecular weight excluding hydrogens is 557 g/mol. The van der Waals surface area contributed by atoms with E-state index in [9.17, 15) is 18.0 Å². The average Bonchev–Trinajstić information content (AvgIpc) is 2.93. The van der Waals surface area contributed by atoms with Crippen molar-refractivity contribution in [1.29, 1.82) is 0 Å². The summed E-state index contributed by atoms with van der Waals surface area (Å²) in [6.45, 7) is 1.80. The first-order valence-corrected chi connectivity index (χ1v) is 12.5. The second-order valence-electron chi connectivity index (χ2n) is 8.75. The molecule has 0 unspecified atom stereocenters. The summed E-state index contributed by atoms with van der Waals surface area (Å²) >= 11 is 6.37. The lowest BCUT2D eigenvalue weighted by Crippen LogP contribution is -2.27. The second-order valence-corrected chi connectivity index (χ2v) is 9.16. The van der Waals surface area contributed by atoms with Gasteiger partial charge < -0.3 is 15.8 Å². The van der Waals surface area contributed by atoms with Crippen LogP contribution in [0.25, 0.3) is 16.6 Å². The van der Waals surface area contributed by atoms with E-state index in [4.69, 9.17) is 22.3 Å². The highest BCUT2D eigenvalue weighted by atomic mass is 35.5. The number of nitrogens with zero attached hydrogens (tertiary/aromatic N) is 4. The maximum Gasteiger partial charge on any atom is 0.573 e. The smallest absolute Gasteiger partial charge is 0.406 e. The molecule has 0 aliphatic rings. The molecule has 0 spiro atoms. The normalized spacial score (nSPS) is 11.9. The largest absolute Gasteiger partial charge is 0.573 e. The molecule has 12 heteroatoms. The summed E-state index contributed by atoms with van der Waals surface area (Å²) in [6, 6.07) is 18.6. The average molecular weight is 577 g/mol. The number of nitrogen functional groups attached to an aromatic ring is 1. The van der Waals surface area contributed by atoms with Crippen LogP contribution in [0.3, 0.4) is 0 Å². The third kappa shape index (κ3) is 6.08. The number of hydrogen-bond acceptors (Lipinski definition) is 7. The van der Waals surface area contributed by atoms with E-state index in [2.05, 4.69) is 31.9 Å². The lowest BCUT2D eigenvalue weighted by molar-refractivity contribution is -0.274. The maximum atomic E-state index is 13.7. The van der Waals surface area contributed by atoms with Gasteiger partial charge in [0.1, 0.15) is 35.1 Å². The zero-order chi connectivity index (χ0) is 29.1. The van der Waals surface area contributed by atoms with E-state index in [0.29, 0.717) is 28.0 Å². The Balaban J connectivity index is 1.52. The molecule has 1 atom stereocenters. The molecule has 0 radical (unpaired) electrons. The number of hydrogen-bond donors (Lipinski definition) is 2. The van der Waals surface area contributed by atoms with Gasteiger partial charge in [-0.25, -0.2) is 15.0 Å². The van der Waals surface area contributed by atoms with E-state index in [1.54, 1.807) is 49.4 Å². The summed E-state index contributed by atoms with van der Waals surface area (Å²) in [5.41, 5.74) is 7.46. The van der Waals surface area contributed by atoms with Gasteiger partial charge in [0.25, 0.3) is 5.56 Å². The minimum atomic E-state index is -4.79. The molecule has 0 bridgehead atoms. The van der Waals surface area contributed by atoms with Crippen molar-refractivity contribution < 1.29 is 17.9 Å². The zero-order valence-corrected chi connectivity index (χ0v) is 22.0. The fourth-order valence-electron chi connectivity index (χ4n) is 4.10. The fourth-order valence-corrected chi connectivity index (χ4v) is 4.35. The van der Waals surface area contributed by atoms with Crippen molar-refractivity contribution in [3.05, 3.63) is 111 Å². The van der Waals surface area contributed by atoms with Gasteiger partial charge in [0.05, 0.1) is 27.7 Å². The molecule has 0 aliphatic heterocycles. The molecule has 3 aromatic carbocycles. The Bertz CT molecular complexity index is 1850. The van der Waals surface area contributed by atoms with E-state index in [-0.39, 0.29) is 33.5 Å². The Morgan fingerprint density at radius 1 is 1.00 bits per heavy atom. The molecule has 0 saturated carbocycles. The number of aromatic nitrogens is 4. The number of ether oxygens (including phenoxy) is 1. The Hall–Kier alpha value is -5.08. The molecule has 5 aromatic rings. The van der Waals surface area contributed by atoms with Gasteiger partial charge >= 0.3 is 6.36 Å². The first-order valence-electron chi connectivity index (χ1n) is 12.1. The Labute approximate surface area is 236 Å². The monoisotopic (exact) mass is 576 g/mol. The van der Waals surface area contributed by atoms with Crippen LogP contribution in [0.2, 0.25) is 5.02 Å². The minimum absolute atomic E-state index is 0.0814. The molecule has 206 valence electrons. The van der Waals surface area contributed by atoms with Crippen LogP contribution in [-0.2, 0) is 0 Å². The van der Waals surface area contributed by atoms with Gasteiger partial charge in [-0.3, -0.25) is 9.36 Å². The Morgan fingerprint density at radius 2 is 1.73 bits per heavy atom. The quantitative estimate of drug-likeness (QED) is 0.251. The molecule has 0 saturated heterocycles. The lowest BCUT2D eigenvalue weighted by atomic mass is 10.1. The number of halogens is 4. The molecule has 8 nitrogen and oxygen atoms in total. The number of para-hydroxylation sites is 1. The Kier molecular flexibility index (Phi) is 7.50. The molecule has 2 heterocycles. The second kappa shape index (κ2) is 11.2. The highest BCUT2D eigenvalue weighted by molar-refractivity contribution is 6.35. The van der Waals surface area contributed by atoms with Crippen LogP contribution in [0.5, 0.6) is 5.75 Å². The van der Waals surface area contributed by atoms with Crippen LogP contribution in [-0.4, -0.2) is 25.9 Å². The predicted octanol–water partition coefficient (Wildman–Crippen LogP) is 5.88. The van der Waals surface area contributed by atoms with Crippen molar-refractivity contribution in [2.45, 2.75) is 19.3 Å². The highest BCUT2D eigenvalue weighted by Crippen LogP contribution is 2.26. The molecule has 2 aromatic heterocycles. The van der Waals surface area contributed by atoms with Gasteiger partial charge in [-0.2, -0.15) is 0 Å². The summed E-state index contributed by atoms with van der Waals surface area (Å²) in [5, 5.41) is 3.80. The van der Waals surface area contributed by atoms with E-state index >= 15 is 0 Å². The summed E-state index contributed by atoms with van der Waals surface area (Å²) in [4.78, 5) is 26.7. The zero-order valence-electron chi connectivity index (χ0n) is 21.3. The first-order chi connectivity index (χ1) is 19.6. The third-order valence-electron chi connectivity index (χ3n) is 5.92. The number of anilines is 2. The van der Waals surface area contributed by atoms with Gasteiger partial charge in [-0.1, -0.05) is 47.7 Å². The minimum Gasteiger partial charge on any atom is -0.406 e. The predicted molar refractivity (Wildman–Crippen MR) is 150 cm³/mol. The van der Waals surface area contributed by atoms with Crippen LogP contribution in [0, 0.1) is 11.8 Å². The molecule has 0 fully saturated rings. The highest BCUT2D eigenvalue weighted by Gasteiger charge is 2.31. The van der Waals surface area contributed by atoms with Crippen molar-refractivity contribution in [3.63, 3.8) is 0 Å². The Morgan fingerprint density at radius 3 is 2.44 bits per heavy atom. The van der Waals surface area contributed by atoms with Gasteiger partial charge in [0.15, 0.2) is 0 Å². The van der Waals surface area contributed by atoms with Crippen LogP contribution < -0.4 is 21.3 Å². The van der Waals surface area contributed by atoms with E-state index in [1.165, 1.54) is 23.0 Å². The number of rotatable bonds is 5. The third-order valence-corrected chi connectivity index (χ3v) is 6.24. The van der Waals surface area contributed by atoms with Crippen molar-refractivity contribution >= 4 is 34.1 Å². The molecule has 3 N–H and O–H groups in total. The summed E-state index contributed by atoms with van der Waals surface area (Å²) in [6.07, 6.45) is -3.53. The van der Waals surface area contributed by atoms with Crippen LogP contribution >= 0.6 is 11.6 Å². The SMILES string of the molecule is C[C@H](Nc1ncnc(N)c1C#Cc1ccc(OC(F)(F)F)cc1)c1nc2cccc(Cl)c2c(=O)n1-c1ccccc1. The van der Waals surface area contributed by atoms with Crippen molar-refractivity contribution in [2.75, 3.05) is 11.1 Å². The van der Waals surface area contributed by atoms with Crippen molar-refractivity contribution in [1.82, 2.24) is 19.5 Å². The number of benzene rings is 3. The van der Waals surface area contributed by atoms with Crippen molar-refractivity contribution in [3.8, 4) is 23.3 Å². The van der Waals surface area contributed by atoms with Crippen LogP contribution in [0.4, 0.5) is 24.8 Å². The number of fused-ring (bicyclic) bond motifs is 1. The molecule has 0 amide bonds. The molecule has 5 rings (SSSR count). The van der Waals surface area contributed by atoms with Crippen LogP contribution in [0.15, 0.2) is 83.9 Å². The maximum absolute atomic E-state index is 13.7. The topological polar surface area (TPSA) is 108 Å². The molecule has 41 heavy (non-hydrogen) atoms. The number of nitrogens with one attached hydrogen (secondary N) is 1. The fraction of sp³-hybridized carbons (Fsp3) is 0.103. The number of nitrogens with two attached hydrogens (primary N) is 1.